The van der Waals surface area contributed by atoms with E-state index in [0.29, 0.717) is 6.61 Å². The first-order valence-corrected chi connectivity index (χ1v) is 4.16. The Labute approximate surface area is 78.2 Å². The van der Waals surface area contributed by atoms with Crippen molar-refractivity contribution in [2.75, 3.05) is 20.8 Å². The van der Waals surface area contributed by atoms with E-state index in [4.69, 9.17) is 14.2 Å². The summed E-state index contributed by atoms with van der Waals surface area (Å²) < 4.78 is 15.5. The minimum absolute atomic E-state index is 0.635. The molecule has 0 fully saturated rings. The molecular weight excluding hydrogens is 168 g/mol. The number of methoxy groups -OCH3 is 2. The SMILES string of the molecule is CCOc1cc(OC)cc(OC)c1. The Morgan fingerprint density at radius 2 is 1.38 bits per heavy atom. The van der Waals surface area contributed by atoms with Crippen molar-refractivity contribution in [3.8, 4) is 17.2 Å². The first-order valence-electron chi connectivity index (χ1n) is 4.16. The molecule has 0 aliphatic heterocycles. The van der Waals surface area contributed by atoms with Crippen LogP contribution < -0.4 is 14.2 Å². The second kappa shape index (κ2) is 4.60. The van der Waals surface area contributed by atoms with Gasteiger partial charge in [-0.2, -0.15) is 0 Å². The Kier molecular flexibility index (Phi) is 3.43. The zero-order valence-corrected chi connectivity index (χ0v) is 8.16. The summed E-state index contributed by atoms with van der Waals surface area (Å²) in [5.74, 6) is 2.24. The van der Waals surface area contributed by atoms with Gasteiger partial charge in [-0.1, -0.05) is 0 Å². The largest absolute Gasteiger partial charge is 0.496 e. The molecule has 1 rings (SSSR count). The average molecular weight is 182 g/mol. The minimum Gasteiger partial charge on any atom is -0.496 e. The Balaban J connectivity index is 2.93. The highest BCUT2D eigenvalue weighted by Gasteiger charge is 2.01. The molecule has 3 heteroatoms. The van der Waals surface area contributed by atoms with Gasteiger partial charge in [-0.3, -0.25) is 0 Å². The molecular formula is C10H14O3. The Morgan fingerprint density at radius 1 is 0.923 bits per heavy atom. The maximum atomic E-state index is 5.33. The van der Waals surface area contributed by atoms with E-state index in [9.17, 15) is 0 Å². The molecule has 0 spiro atoms. The smallest absolute Gasteiger partial charge is 0.126 e. The van der Waals surface area contributed by atoms with E-state index < -0.39 is 0 Å². The first kappa shape index (κ1) is 9.71. The molecule has 0 atom stereocenters. The Hall–Kier alpha value is -1.38. The van der Waals surface area contributed by atoms with Crippen LogP contribution in [-0.2, 0) is 0 Å². The molecule has 1 aromatic rings. The number of benzene rings is 1. The van der Waals surface area contributed by atoms with Crippen molar-refractivity contribution in [1.82, 2.24) is 0 Å². The highest BCUT2D eigenvalue weighted by atomic mass is 16.5. The Morgan fingerprint density at radius 3 is 1.77 bits per heavy atom. The monoisotopic (exact) mass is 182 g/mol. The van der Waals surface area contributed by atoms with E-state index in [-0.39, 0.29) is 0 Å². The van der Waals surface area contributed by atoms with Crippen LogP contribution in [0.25, 0.3) is 0 Å². The molecule has 13 heavy (non-hydrogen) atoms. The maximum absolute atomic E-state index is 5.33. The highest BCUT2D eigenvalue weighted by Crippen LogP contribution is 2.27. The van der Waals surface area contributed by atoms with Crippen LogP contribution >= 0.6 is 0 Å². The summed E-state index contributed by atoms with van der Waals surface area (Å²) in [5, 5.41) is 0. The third kappa shape index (κ3) is 2.54. The van der Waals surface area contributed by atoms with Crippen LogP contribution in [0.5, 0.6) is 17.2 Å². The zero-order chi connectivity index (χ0) is 9.68. The molecule has 72 valence electrons. The molecule has 0 saturated carbocycles. The summed E-state index contributed by atoms with van der Waals surface area (Å²) in [5.41, 5.74) is 0. The molecule has 0 heterocycles. The highest BCUT2D eigenvalue weighted by molar-refractivity contribution is 5.41. The van der Waals surface area contributed by atoms with Crippen molar-refractivity contribution in [1.29, 1.82) is 0 Å². The summed E-state index contributed by atoms with van der Waals surface area (Å²) in [6.45, 7) is 2.57. The van der Waals surface area contributed by atoms with Gasteiger partial charge in [-0.15, -0.1) is 0 Å². The Bertz CT molecular complexity index is 249. The minimum atomic E-state index is 0.635. The molecule has 0 radical (unpaired) electrons. The van der Waals surface area contributed by atoms with Crippen LogP contribution in [0.1, 0.15) is 6.92 Å². The average Bonchev–Trinajstić information content (AvgIpc) is 2.17. The summed E-state index contributed by atoms with van der Waals surface area (Å²) >= 11 is 0. The van der Waals surface area contributed by atoms with Crippen LogP contribution in [0.3, 0.4) is 0 Å². The van der Waals surface area contributed by atoms with Crippen molar-refractivity contribution in [2.45, 2.75) is 6.92 Å². The van der Waals surface area contributed by atoms with Crippen molar-refractivity contribution >= 4 is 0 Å². The van der Waals surface area contributed by atoms with Crippen LogP contribution in [0.15, 0.2) is 18.2 Å². The van der Waals surface area contributed by atoms with Crippen LogP contribution in [0.4, 0.5) is 0 Å². The predicted octanol–water partition coefficient (Wildman–Crippen LogP) is 2.10. The van der Waals surface area contributed by atoms with E-state index in [1.165, 1.54) is 0 Å². The fourth-order valence-corrected chi connectivity index (χ4v) is 1.03. The van der Waals surface area contributed by atoms with Crippen molar-refractivity contribution in [3.63, 3.8) is 0 Å². The van der Waals surface area contributed by atoms with Gasteiger partial charge >= 0.3 is 0 Å². The fourth-order valence-electron chi connectivity index (χ4n) is 1.03. The normalized spacial score (nSPS) is 9.46. The van der Waals surface area contributed by atoms with Crippen LogP contribution in [0, 0.1) is 0 Å². The molecule has 0 N–H and O–H groups in total. The standard InChI is InChI=1S/C10H14O3/c1-4-13-10-6-8(11-2)5-9(7-10)12-3/h5-7H,4H2,1-3H3. The lowest BCUT2D eigenvalue weighted by atomic mass is 10.3. The van der Waals surface area contributed by atoms with Gasteiger partial charge in [-0.25, -0.2) is 0 Å². The van der Waals surface area contributed by atoms with Gasteiger partial charge in [0, 0.05) is 18.2 Å². The van der Waals surface area contributed by atoms with Crippen molar-refractivity contribution < 1.29 is 14.2 Å². The second-order valence-electron chi connectivity index (χ2n) is 2.48. The number of hydrogen-bond acceptors (Lipinski definition) is 3. The van der Waals surface area contributed by atoms with Gasteiger partial charge in [0.25, 0.3) is 0 Å². The third-order valence-electron chi connectivity index (χ3n) is 1.64. The number of hydrogen-bond donors (Lipinski definition) is 0. The molecule has 0 unspecified atom stereocenters. The number of ether oxygens (including phenoxy) is 3. The number of rotatable bonds is 4. The van der Waals surface area contributed by atoms with Gasteiger partial charge in [-0.05, 0) is 6.92 Å². The summed E-state index contributed by atoms with van der Waals surface area (Å²) in [6.07, 6.45) is 0. The van der Waals surface area contributed by atoms with E-state index in [0.717, 1.165) is 17.2 Å². The summed E-state index contributed by atoms with van der Waals surface area (Å²) in [6, 6.07) is 5.46. The lowest BCUT2D eigenvalue weighted by Crippen LogP contribution is -1.93. The second-order valence-corrected chi connectivity index (χ2v) is 2.48. The van der Waals surface area contributed by atoms with Crippen LogP contribution in [-0.4, -0.2) is 20.8 Å². The van der Waals surface area contributed by atoms with E-state index >= 15 is 0 Å². The lowest BCUT2D eigenvalue weighted by molar-refractivity contribution is 0.331. The lowest BCUT2D eigenvalue weighted by Gasteiger charge is -2.08. The molecule has 0 saturated heterocycles. The molecule has 3 nitrogen and oxygen atoms in total. The van der Waals surface area contributed by atoms with Crippen molar-refractivity contribution in [3.05, 3.63) is 18.2 Å². The topological polar surface area (TPSA) is 27.7 Å². The first-order chi connectivity index (χ1) is 6.30. The van der Waals surface area contributed by atoms with Gasteiger partial charge in [0.1, 0.15) is 17.2 Å². The van der Waals surface area contributed by atoms with E-state index in [2.05, 4.69) is 0 Å². The summed E-state index contributed by atoms with van der Waals surface area (Å²) in [4.78, 5) is 0. The van der Waals surface area contributed by atoms with Gasteiger partial charge < -0.3 is 14.2 Å². The fraction of sp³-hybridized carbons (Fsp3) is 0.400. The van der Waals surface area contributed by atoms with Gasteiger partial charge in [0.05, 0.1) is 20.8 Å². The molecule has 0 aliphatic rings. The van der Waals surface area contributed by atoms with Gasteiger partial charge in [0.15, 0.2) is 0 Å². The van der Waals surface area contributed by atoms with Crippen LogP contribution in [0.2, 0.25) is 0 Å². The van der Waals surface area contributed by atoms with E-state index in [1.807, 2.05) is 25.1 Å². The zero-order valence-electron chi connectivity index (χ0n) is 8.16. The molecule has 0 bridgehead atoms. The molecule has 0 amide bonds. The predicted molar refractivity (Wildman–Crippen MR) is 50.7 cm³/mol. The van der Waals surface area contributed by atoms with Gasteiger partial charge in [0.2, 0.25) is 0 Å². The molecule has 0 aromatic heterocycles. The van der Waals surface area contributed by atoms with E-state index in [1.54, 1.807) is 14.2 Å². The maximum Gasteiger partial charge on any atom is 0.126 e. The van der Waals surface area contributed by atoms with Crippen molar-refractivity contribution in [2.24, 2.45) is 0 Å². The molecule has 0 aliphatic carbocycles. The molecule has 1 aromatic carbocycles. The summed E-state index contributed by atoms with van der Waals surface area (Å²) in [7, 11) is 3.23. The quantitative estimate of drug-likeness (QED) is 0.713. The third-order valence-corrected chi connectivity index (χ3v) is 1.64.